The number of benzene rings is 2. The molecule has 1 atom stereocenters. The van der Waals surface area contributed by atoms with Crippen molar-refractivity contribution in [2.75, 3.05) is 11.9 Å². The lowest BCUT2D eigenvalue weighted by Gasteiger charge is -2.22. The first kappa shape index (κ1) is 14.6. The molecule has 2 aromatic rings. The van der Waals surface area contributed by atoms with Gasteiger partial charge in [0.15, 0.2) is 0 Å². The van der Waals surface area contributed by atoms with E-state index in [0.29, 0.717) is 5.56 Å². The summed E-state index contributed by atoms with van der Waals surface area (Å²) in [5.74, 6) is 0. The molecule has 0 amide bonds. The summed E-state index contributed by atoms with van der Waals surface area (Å²) in [5, 5.41) is 18.8. The molecule has 0 radical (unpaired) electrons. The van der Waals surface area contributed by atoms with Gasteiger partial charge in [-0.1, -0.05) is 18.2 Å². The predicted molar refractivity (Wildman–Crippen MR) is 84.0 cm³/mol. The maximum atomic E-state index is 9.60. The smallest absolute Gasteiger partial charge is 0.101 e. The lowest BCUT2D eigenvalue weighted by Crippen LogP contribution is -2.12. The Labute approximate surface area is 127 Å². The van der Waals surface area contributed by atoms with Crippen LogP contribution in [0.25, 0.3) is 0 Å². The minimum absolute atomic E-state index is 0.503. The number of hydrogen-bond donors (Lipinski definition) is 1. The number of rotatable bonds is 3. The monoisotopic (exact) mass is 330 g/mol. The van der Waals surface area contributed by atoms with Crippen LogP contribution in [0.3, 0.4) is 0 Å². The molecular formula is C16H15BrN2O. The van der Waals surface area contributed by atoms with Gasteiger partial charge in [0.25, 0.3) is 0 Å². The van der Waals surface area contributed by atoms with Crippen molar-refractivity contribution in [3.8, 4) is 6.07 Å². The molecule has 0 fully saturated rings. The van der Waals surface area contributed by atoms with Gasteiger partial charge in [0.1, 0.15) is 6.07 Å². The quantitative estimate of drug-likeness (QED) is 0.919. The highest BCUT2D eigenvalue weighted by atomic mass is 79.9. The maximum absolute atomic E-state index is 9.60. The summed E-state index contributed by atoms with van der Waals surface area (Å²) in [6.07, 6.45) is -0.503. The molecule has 0 heterocycles. The number of halogens is 1. The van der Waals surface area contributed by atoms with Crippen molar-refractivity contribution in [1.82, 2.24) is 0 Å². The van der Waals surface area contributed by atoms with Crippen molar-refractivity contribution in [2.24, 2.45) is 0 Å². The normalized spacial score (nSPS) is 11.8. The van der Waals surface area contributed by atoms with Crippen LogP contribution in [0.15, 0.2) is 46.9 Å². The topological polar surface area (TPSA) is 47.3 Å². The van der Waals surface area contributed by atoms with Gasteiger partial charge in [0.2, 0.25) is 0 Å². The van der Waals surface area contributed by atoms with E-state index in [1.54, 1.807) is 13.0 Å². The molecule has 0 bridgehead atoms. The molecule has 2 rings (SSSR count). The van der Waals surface area contributed by atoms with Crippen molar-refractivity contribution in [1.29, 1.82) is 5.26 Å². The number of aliphatic hydroxyl groups excluding tert-OH is 1. The number of nitrogens with zero attached hydrogens (tertiary/aromatic N) is 2. The molecule has 0 spiro atoms. The van der Waals surface area contributed by atoms with Crippen molar-refractivity contribution in [2.45, 2.75) is 13.0 Å². The van der Waals surface area contributed by atoms with Crippen LogP contribution in [-0.2, 0) is 0 Å². The van der Waals surface area contributed by atoms with E-state index in [9.17, 15) is 10.4 Å². The average Bonchev–Trinajstić information content (AvgIpc) is 2.46. The summed E-state index contributed by atoms with van der Waals surface area (Å²) in [5.41, 5.74) is 3.27. The molecule has 0 aliphatic rings. The highest BCUT2D eigenvalue weighted by Gasteiger charge is 2.13. The molecule has 20 heavy (non-hydrogen) atoms. The molecule has 0 saturated carbocycles. The van der Waals surface area contributed by atoms with Gasteiger partial charge in [-0.25, -0.2) is 0 Å². The lowest BCUT2D eigenvalue weighted by atomic mass is 10.1. The Kier molecular flexibility index (Phi) is 4.43. The maximum Gasteiger partial charge on any atom is 0.101 e. The summed E-state index contributed by atoms with van der Waals surface area (Å²) in [6.45, 7) is 1.73. The standard InChI is InChI=1S/C16H15BrN2O/c1-11(20)12-7-8-16(14(17)9-12)19(2)15-6-4-3-5-13(15)10-18/h3-9,11,20H,1-2H3. The second-order valence-corrected chi connectivity index (χ2v) is 5.43. The molecular weight excluding hydrogens is 316 g/mol. The van der Waals surface area contributed by atoms with Gasteiger partial charge in [-0.05, 0) is 52.7 Å². The highest BCUT2D eigenvalue weighted by Crippen LogP contribution is 2.34. The van der Waals surface area contributed by atoms with Gasteiger partial charge in [-0.3, -0.25) is 0 Å². The minimum atomic E-state index is -0.503. The molecule has 4 heteroatoms. The van der Waals surface area contributed by atoms with Gasteiger partial charge in [-0.2, -0.15) is 5.26 Å². The zero-order valence-electron chi connectivity index (χ0n) is 11.3. The summed E-state index contributed by atoms with van der Waals surface area (Å²) in [7, 11) is 1.91. The van der Waals surface area contributed by atoms with E-state index in [-0.39, 0.29) is 0 Å². The van der Waals surface area contributed by atoms with Crippen LogP contribution in [0, 0.1) is 11.3 Å². The Balaban J connectivity index is 2.44. The number of para-hydroxylation sites is 1. The lowest BCUT2D eigenvalue weighted by molar-refractivity contribution is 0.199. The molecule has 1 N–H and O–H groups in total. The number of nitriles is 1. The minimum Gasteiger partial charge on any atom is -0.389 e. The van der Waals surface area contributed by atoms with Gasteiger partial charge < -0.3 is 10.0 Å². The van der Waals surface area contributed by atoms with E-state index < -0.39 is 6.10 Å². The van der Waals surface area contributed by atoms with Crippen LogP contribution in [0.1, 0.15) is 24.2 Å². The first-order chi connectivity index (χ1) is 9.54. The van der Waals surface area contributed by atoms with Crippen molar-refractivity contribution >= 4 is 27.3 Å². The van der Waals surface area contributed by atoms with Gasteiger partial charge in [-0.15, -0.1) is 0 Å². The fourth-order valence-corrected chi connectivity index (χ4v) is 2.71. The highest BCUT2D eigenvalue weighted by molar-refractivity contribution is 9.10. The van der Waals surface area contributed by atoms with Crippen LogP contribution >= 0.6 is 15.9 Å². The van der Waals surface area contributed by atoms with Gasteiger partial charge in [0.05, 0.1) is 23.0 Å². The zero-order chi connectivity index (χ0) is 14.7. The predicted octanol–water partition coefficient (Wildman–Crippen LogP) is 4.14. The second-order valence-electron chi connectivity index (χ2n) is 4.57. The summed E-state index contributed by atoms with van der Waals surface area (Å²) < 4.78 is 0.881. The van der Waals surface area contributed by atoms with Crippen LogP contribution in [-0.4, -0.2) is 12.2 Å². The first-order valence-electron chi connectivity index (χ1n) is 6.25. The molecule has 0 aliphatic heterocycles. The van der Waals surface area contributed by atoms with E-state index in [4.69, 9.17) is 0 Å². The summed E-state index contributed by atoms with van der Waals surface area (Å²) >= 11 is 3.52. The van der Waals surface area contributed by atoms with Crippen molar-refractivity contribution < 1.29 is 5.11 Å². The third kappa shape index (κ3) is 2.84. The molecule has 102 valence electrons. The van der Waals surface area contributed by atoms with E-state index in [2.05, 4.69) is 22.0 Å². The molecule has 1 unspecified atom stereocenters. The van der Waals surface area contributed by atoms with Crippen LogP contribution in [0.2, 0.25) is 0 Å². The van der Waals surface area contributed by atoms with Crippen LogP contribution in [0.5, 0.6) is 0 Å². The number of anilines is 2. The molecule has 2 aromatic carbocycles. The third-order valence-electron chi connectivity index (χ3n) is 3.20. The Hall–Kier alpha value is -1.83. The third-order valence-corrected chi connectivity index (χ3v) is 3.84. The van der Waals surface area contributed by atoms with Crippen molar-refractivity contribution in [3.63, 3.8) is 0 Å². The van der Waals surface area contributed by atoms with E-state index in [0.717, 1.165) is 21.4 Å². The Bertz CT molecular complexity index is 662. The molecule has 0 saturated heterocycles. The fourth-order valence-electron chi connectivity index (χ4n) is 2.05. The van der Waals surface area contributed by atoms with Crippen LogP contribution < -0.4 is 4.90 Å². The zero-order valence-corrected chi connectivity index (χ0v) is 12.9. The van der Waals surface area contributed by atoms with Gasteiger partial charge >= 0.3 is 0 Å². The Morgan fingerprint density at radius 1 is 1.20 bits per heavy atom. The Morgan fingerprint density at radius 2 is 1.90 bits per heavy atom. The fraction of sp³-hybridized carbons (Fsp3) is 0.188. The van der Waals surface area contributed by atoms with E-state index in [1.165, 1.54) is 0 Å². The SMILES string of the molecule is CC(O)c1ccc(N(C)c2ccccc2C#N)c(Br)c1. The number of hydrogen-bond acceptors (Lipinski definition) is 3. The van der Waals surface area contributed by atoms with E-state index in [1.807, 2.05) is 48.3 Å². The van der Waals surface area contributed by atoms with Crippen molar-refractivity contribution in [3.05, 3.63) is 58.1 Å². The summed E-state index contributed by atoms with van der Waals surface area (Å²) in [6, 6.07) is 15.4. The molecule has 0 aliphatic carbocycles. The first-order valence-corrected chi connectivity index (χ1v) is 7.04. The largest absolute Gasteiger partial charge is 0.389 e. The van der Waals surface area contributed by atoms with Gasteiger partial charge in [0, 0.05) is 11.5 Å². The van der Waals surface area contributed by atoms with Crippen LogP contribution in [0.4, 0.5) is 11.4 Å². The van der Waals surface area contributed by atoms with E-state index >= 15 is 0 Å². The second kappa shape index (κ2) is 6.08. The molecule has 0 aromatic heterocycles. The Morgan fingerprint density at radius 3 is 2.50 bits per heavy atom. The average molecular weight is 331 g/mol. The molecule has 3 nitrogen and oxygen atoms in total. The summed E-state index contributed by atoms with van der Waals surface area (Å²) in [4.78, 5) is 1.95. The number of aliphatic hydroxyl groups is 1.